The number of aromatic hydroxyl groups is 1. The van der Waals surface area contributed by atoms with E-state index in [-0.39, 0.29) is 5.75 Å². The molecule has 1 atom stereocenters. The van der Waals surface area contributed by atoms with E-state index in [1.54, 1.807) is 18.2 Å². The molecule has 0 radical (unpaired) electrons. The second kappa shape index (κ2) is 5.28. The molecule has 0 aromatic heterocycles. The van der Waals surface area contributed by atoms with Crippen LogP contribution in [0, 0.1) is 0 Å². The normalized spacial score (nSPS) is 12.4. The van der Waals surface area contributed by atoms with Crippen LogP contribution >= 0.6 is 8.38 Å². The molecule has 0 aliphatic heterocycles. The topological polar surface area (TPSA) is 49.7 Å². The van der Waals surface area contributed by atoms with Crippen molar-refractivity contribution in [1.82, 2.24) is 0 Å². The van der Waals surface area contributed by atoms with Gasteiger partial charge in [0.05, 0.1) is 0 Å². The highest BCUT2D eigenvalue weighted by Gasteiger charge is 2.15. The largest absolute Gasteiger partial charge is 0.507 e. The van der Waals surface area contributed by atoms with Crippen molar-refractivity contribution in [3.05, 3.63) is 48.5 Å². The van der Waals surface area contributed by atoms with Gasteiger partial charge < -0.3 is 14.5 Å². The van der Waals surface area contributed by atoms with E-state index in [4.69, 9.17) is 4.52 Å². The number of benzene rings is 2. The van der Waals surface area contributed by atoms with Gasteiger partial charge in [0.1, 0.15) is 5.75 Å². The average Bonchev–Trinajstić information content (AvgIpc) is 2.38. The summed E-state index contributed by atoms with van der Waals surface area (Å²) in [5, 5.41) is 10.5. The molecule has 0 amide bonds. The summed E-state index contributed by atoms with van der Waals surface area (Å²) >= 11 is 0. The maximum Gasteiger partial charge on any atom is 0.202 e. The summed E-state index contributed by atoms with van der Waals surface area (Å²) in [6.45, 7) is 0. The predicted octanol–water partition coefficient (Wildman–Crippen LogP) is 2.64. The Labute approximate surface area is 101 Å². The van der Waals surface area contributed by atoms with Crippen LogP contribution in [0.15, 0.2) is 48.5 Å². The molecular formula is C13H13O3P. The maximum absolute atomic E-state index is 9.83. The third-order valence-corrected chi connectivity index (χ3v) is 3.63. The Balaban J connectivity index is 2.56. The molecule has 4 heteroatoms. The van der Waals surface area contributed by atoms with Crippen LogP contribution in [0.1, 0.15) is 0 Å². The first-order chi connectivity index (χ1) is 8.24. The number of hydrogen-bond acceptors (Lipinski definition) is 3. The lowest BCUT2D eigenvalue weighted by Crippen LogP contribution is -2.05. The molecule has 0 aliphatic rings. The minimum absolute atomic E-state index is 0.194. The van der Waals surface area contributed by atoms with Gasteiger partial charge in [-0.3, -0.25) is 0 Å². The second-order valence-corrected chi connectivity index (χ2v) is 4.88. The monoisotopic (exact) mass is 248 g/mol. The number of rotatable bonds is 3. The summed E-state index contributed by atoms with van der Waals surface area (Å²) in [5.41, 5.74) is 1.49. The maximum atomic E-state index is 9.83. The van der Waals surface area contributed by atoms with E-state index in [9.17, 15) is 10.00 Å². The molecule has 0 saturated carbocycles. The second-order valence-electron chi connectivity index (χ2n) is 3.49. The van der Waals surface area contributed by atoms with Gasteiger partial charge in [-0.25, -0.2) is 0 Å². The van der Waals surface area contributed by atoms with Gasteiger partial charge in [0.2, 0.25) is 8.38 Å². The van der Waals surface area contributed by atoms with Crippen molar-refractivity contribution in [2.75, 3.05) is 7.11 Å². The van der Waals surface area contributed by atoms with Gasteiger partial charge in [0.15, 0.2) is 0 Å². The average molecular weight is 248 g/mol. The van der Waals surface area contributed by atoms with Gasteiger partial charge in [-0.05, 0) is 17.7 Å². The third-order valence-electron chi connectivity index (χ3n) is 2.48. The highest BCUT2D eigenvalue weighted by molar-refractivity contribution is 7.55. The quantitative estimate of drug-likeness (QED) is 0.821. The van der Waals surface area contributed by atoms with E-state index in [0.717, 1.165) is 5.56 Å². The van der Waals surface area contributed by atoms with Gasteiger partial charge in [-0.2, -0.15) is 0 Å². The SMILES string of the molecule is COP(O)c1ccccc1-c1ccccc1O. The molecule has 2 aromatic rings. The molecule has 2 aromatic carbocycles. The number of phenolic OH excluding ortho intramolecular Hbond substituents is 1. The highest BCUT2D eigenvalue weighted by atomic mass is 31.2. The van der Waals surface area contributed by atoms with Crippen LogP contribution in [-0.4, -0.2) is 17.1 Å². The first-order valence-corrected chi connectivity index (χ1v) is 6.36. The molecule has 0 saturated heterocycles. The third kappa shape index (κ3) is 2.47. The zero-order valence-corrected chi connectivity index (χ0v) is 10.3. The molecule has 0 bridgehead atoms. The Bertz CT molecular complexity index is 514. The first kappa shape index (κ1) is 12.1. The number of phenols is 1. The van der Waals surface area contributed by atoms with Crippen LogP contribution < -0.4 is 5.30 Å². The van der Waals surface area contributed by atoms with Crippen molar-refractivity contribution in [1.29, 1.82) is 0 Å². The van der Waals surface area contributed by atoms with Crippen molar-refractivity contribution >= 4 is 13.7 Å². The van der Waals surface area contributed by atoms with E-state index in [2.05, 4.69) is 0 Å². The first-order valence-electron chi connectivity index (χ1n) is 5.14. The Morgan fingerprint density at radius 3 is 2.18 bits per heavy atom. The van der Waals surface area contributed by atoms with Crippen LogP contribution in [0.2, 0.25) is 0 Å². The summed E-state index contributed by atoms with van der Waals surface area (Å²) in [7, 11) is -0.176. The fraction of sp³-hybridized carbons (Fsp3) is 0.0769. The Morgan fingerprint density at radius 1 is 0.941 bits per heavy atom. The van der Waals surface area contributed by atoms with Crippen LogP contribution in [0.5, 0.6) is 5.75 Å². The van der Waals surface area contributed by atoms with Gasteiger partial charge >= 0.3 is 0 Å². The van der Waals surface area contributed by atoms with Crippen molar-refractivity contribution in [2.24, 2.45) is 0 Å². The van der Waals surface area contributed by atoms with Crippen LogP contribution in [0.4, 0.5) is 0 Å². The Kier molecular flexibility index (Phi) is 3.75. The summed E-state index contributed by atoms with van der Waals surface area (Å²) in [4.78, 5) is 9.82. The van der Waals surface area contributed by atoms with Crippen molar-refractivity contribution in [2.45, 2.75) is 0 Å². The Hall–Kier alpha value is -1.41. The van der Waals surface area contributed by atoms with Gasteiger partial charge in [0, 0.05) is 18.0 Å². The highest BCUT2D eigenvalue weighted by Crippen LogP contribution is 2.36. The van der Waals surface area contributed by atoms with Crippen molar-refractivity contribution in [3.63, 3.8) is 0 Å². The molecular weight excluding hydrogens is 235 g/mol. The number of para-hydroxylation sites is 1. The van der Waals surface area contributed by atoms with Crippen LogP contribution in [-0.2, 0) is 4.52 Å². The molecule has 3 nitrogen and oxygen atoms in total. The van der Waals surface area contributed by atoms with E-state index < -0.39 is 8.38 Å². The fourth-order valence-electron chi connectivity index (χ4n) is 1.67. The van der Waals surface area contributed by atoms with Crippen LogP contribution in [0.25, 0.3) is 11.1 Å². The van der Waals surface area contributed by atoms with Crippen molar-refractivity contribution in [3.8, 4) is 16.9 Å². The molecule has 0 heterocycles. The standard InChI is InChI=1S/C13H13O3P/c1-16-17(15)13-9-5-3-7-11(13)10-6-2-4-8-12(10)14/h2-9,14-15H,1H3. The van der Waals surface area contributed by atoms with Crippen molar-refractivity contribution < 1.29 is 14.5 Å². The lowest BCUT2D eigenvalue weighted by molar-refractivity contribution is 0.401. The molecule has 0 spiro atoms. The van der Waals surface area contributed by atoms with E-state index in [0.29, 0.717) is 10.9 Å². The molecule has 88 valence electrons. The van der Waals surface area contributed by atoms with Gasteiger partial charge in [0.25, 0.3) is 0 Å². The lowest BCUT2D eigenvalue weighted by atomic mass is 10.0. The zero-order valence-electron chi connectivity index (χ0n) is 9.37. The Morgan fingerprint density at radius 2 is 1.53 bits per heavy atom. The summed E-state index contributed by atoms with van der Waals surface area (Å²) in [6, 6.07) is 14.4. The fourth-order valence-corrected chi connectivity index (χ4v) is 2.48. The smallest absolute Gasteiger partial charge is 0.202 e. The van der Waals surface area contributed by atoms with Gasteiger partial charge in [-0.15, -0.1) is 0 Å². The number of hydrogen-bond donors (Lipinski definition) is 2. The molecule has 0 aliphatic carbocycles. The molecule has 1 unspecified atom stereocenters. The molecule has 2 N–H and O–H groups in total. The van der Waals surface area contributed by atoms with Crippen LogP contribution in [0.3, 0.4) is 0 Å². The summed E-state index contributed by atoms with van der Waals surface area (Å²) < 4.78 is 4.98. The van der Waals surface area contributed by atoms with Gasteiger partial charge in [-0.1, -0.05) is 36.4 Å². The minimum atomic E-state index is -1.64. The van der Waals surface area contributed by atoms with E-state index >= 15 is 0 Å². The summed E-state index contributed by atoms with van der Waals surface area (Å²) in [5.74, 6) is 0.194. The molecule has 0 fully saturated rings. The van der Waals surface area contributed by atoms with E-state index in [1.807, 2.05) is 30.3 Å². The predicted molar refractivity (Wildman–Crippen MR) is 69.3 cm³/mol. The minimum Gasteiger partial charge on any atom is -0.507 e. The van der Waals surface area contributed by atoms with E-state index in [1.165, 1.54) is 7.11 Å². The summed E-state index contributed by atoms with van der Waals surface area (Å²) in [6.07, 6.45) is 0. The zero-order chi connectivity index (χ0) is 12.3. The lowest BCUT2D eigenvalue weighted by Gasteiger charge is -2.13. The molecule has 2 rings (SSSR count). The molecule has 17 heavy (non-hydrogen) atoms.